The standard InChI is InChI=1S/C9H11BrN2O2S/c1-3-15(13,14)12-7(2)8-4-9(10)6-11-5-8/h4-6H,3H2,1-2H3. The van der Waals surface area contributed by atoms with Gasteiger partial charge in [-0.15, -0.1) is 0 Å². The Hall–Kier alpha value is -0.750. The summed E-state index contributed by atoms with van der Waals surface area (Å²) in [4.78, 5) is 3.94. The lowest BCUT2D eigenvalue weighted by molar-refractivity contribution is 0.599. The van der Waals surface area contributed by atoms with Gasteiger partial charge in [0.05, 0.1) is 11.5 Å². The van der Waals surface area contributed by atoms with Gasteiger partial charge < -0.3 is 0 Å². The Morgan fingerprint density at radius 3 is 2.73 bits per heavy atom. The molecule has 0 radical (unpaired) electrons. The fourth-order valence-corrected chi connectivity index (χ4v) is 1.95. The number of hydrogen-bond donors (Lipinski definition) is 0. The third-order valence-corrected chi connectivity index (χ3v) is 3.48. The van der Waals surface area contributed by atoms with Gasteiger partial charge in [-0.25, -0.2) is 8.42 Å². The SMILES string of the molecule is CCS(=O)(=O)N=C(C)c1cncc(Br)c1. The summed E-state index contributed by atoms with van der Waals surface area (Å²) in [6.07, 6.45) is 3.21. The Bertz CT molecular complexity index is 483. The third kappa shape index (κ3) is 3.71. The van der Waals surface area contributed by atoms with E-state index in [1.54, 1.807) is 32.3 Å². The molecule has 0 unspecified atom stereocenters. The van der Waals surface area contributed by atoms with Crippen LogP contribution in [0.4, 0.5) is 0 Å². The van der Waals surface area contributed by atoms with Crippen molar-refractivity contribution >= 4 is 31.7 Å². The van der Waals surface area contributed by atoms with E-state index in [1.807, 2.05) is 0 Å². The van der Waals surface area contributed by atoms with Gasteiger partial charge in [0.15, 0.2) is 0 Å². The molecular weight excluding hydrogens is 280 g/mol. The molecule has 0 bridgehead atoms. The molecule has 1 heterocycles. The van der Waals surface area contributed by atoms with E-state index < -0.39 is 10.0 Å². The predicted octanol–water partition coefficient (Wildman–Crippen LogP) is 2.00. The molecule has 0 saturated carbocycles. The van der Waals surface area contributed by atoms with Crippen molar-refractivity contribution in [2.45, 2.75) is 13.8 Å². The van der Waals surface area contributed by atoms with Crippen molar-refractivity contribution in [3.05, 3.63) is 28.5 Å². The minimum Gasteiger partial charge on any atom is -0.263 e. The fourth-order valence-electron chi connectivity index (χ4n) is 0.936. The molecule has 1 aromatic heterocycles. The van der Waals surface area contributed by atoms with Crippen molar-refractivity contribution in [1.29, 1.82) is 0 Å². The summed E-state index contributed by atoms with van der Waals surface area (Å²) in [5, 5.41) is 0. The van der Waals surface area contributed by atoms with Crippen molar-refractivity contribution < 1.29 is 8.42 Å². The quantitative estimate of drug-likeness (QED) is 0.800. The van der Waals surface area contributed by atoms with Crippen molar-refractivity contribution in [2.75, 3.05) is 5.75 Å². The van der Waals surface area contributed by atoms with Crippen molar-refractivity contribution in [3.8, 4) is 0 Å². The zero-order valence-electron chi connectivity index (χ0n) is 8.44. The van der Waals surface area contributed by atoms with E-state index in [1.165, 1.54) is 0 Å². The van der Waals surface area contributed by atoms with Gasteiger partial charge >= 0.3 is 0 Å². The molecule has 1 rings (SSSR count). The molecule has 0 spiro atoms. The molecule has 6 heteroatoms. The van der Waals surface area contributed by atoms with Crippen LogP contribution in [0.15, 0.2) is 27.3 Å². The van der Waals surface area contributed by atoms with Crippen LogP contribution in [-0.2, 0) is 10.0 Å². The first kappa shape index (κ1) is 12.3. The maximum atomic E-state index is 11.2. The van der Waals surface area contributed by atoms with Crippen LogP contribution in [0.2, 0.25) is 0 Å². The largest absolute Gasteiger partial charge is 0.263 e. The summed E-state index contributed by atoms with van der Waals surface area (Å²) in [5.41, 5.74) is 1.15. The summed E-state index contributed by atoms with van der Waals surface area (Å²) in [5.74, 6) is 0.00573. The van der Waals surface area contributed by atoms with Gasteiger partial charge in [-0.3, -0.25) is 4.98 Å². The van der Waals surface area contributed by atoms with Crippen molar-refractivity contribution in [2.24, 2.45) is 4.40 Å². The Morgan fingerprint density at radius 1 is 1.53 bits per heavy atom. The molecular formula is C9H11BrN2O2S. The Balaban J connectivity index is 3.10. The van der Waals surface area contributed by atoms with E-state index in [2.05, 4.69) is 25.3 Å². The van der Waals surface area contributed by atoms with Crippen LogP contribution in [0.1, 0.15) is 19.4 Å². The Morgan fingerprint density at radius 2 is 2.20 bits per heavy atom. The van der Waals surface area contributed by atoms with Crippen LogP contribution in [0, 0.1) is 0 Å². The van der Waals surface area contributed by atoms with Gasteiger partial charge in [-0.05, 0) is 35.8 Å². The van der Waals surface area contributed by atoms with Gasteiger partial charge in [0.25, 0.3) is 10.0 Å². The first-order chi connectivity index (χ1) is 6.94. The highest BCUT2D eigenvalue weighted by molar-refractivity contribution is 9.10. The van der Waals surface area contributed by atoms with Crippen LogP contribution in [0.5, 0.6) is 0 Å². The van der Waals surface area contributed by atoms with Gasteiger partial charge in [-0.2, -0.15) is 4.40 Å². The zero-order chi connectivity index (χ0) is 11.5. The number of pyridine rings is 1. The maximum absolute atomic E-state index is 11.2. The molecule has 0 aliphatic rings. The van der Waals surface area contributed by atoms with Crippen LogP contribution in [0.3, 0.4) is 0 Å². The fraction of sp³-hybridized carbons (Fsp3) is 0.333. The van der Waals surface area contributed by atoms with Gasteiger partial charge in [0.1, 0.15) is 0 Å². The van der Waals surface area contributed by atoms with Gasteiger partial charge in [0, 0.05) is 22.4 Å². The van der Waals surface area contributed by atoms with Gasteiger partial charge in [-0.1, -0.05) is 0 Å². The lowest BCUT2D eigenvalue weighted by Gasteiger charge is -2.00. The third-order valence-electron chi connectivity index (χ3n) is 1.76. The highest BCUT2D eigenvalue weighted by Gasteiger charge is 2.06. The number of halogens is 1. The average molecular weight is 291 g/mol. The molecule has 82 valence electrons. The van der Waals surface area contributed by atoms with E-state index >= 15 is 0 Å². The number of rotatable bonds is 3. The Labute approximate surface area is 97.6 Å². The normalized spacial score (nSPS) is 12.9. The minimum absolute atomic E-state index is 0.00573. The van der Waals surface area contributed by atoms with Crippen LogP contribution >= 0.6 is 15.9 Å². The van der Waals surface area contributed by atoms with Crippen molar-refractivity contribution in [1.82, 2.24) is 4.98 Å². The minimum atomic E-state index is -3.33. The van der Waals surface area contributed by atoms with Crippen LogP contribution in [0.25, 0.3) is 0 Å². The summed E-state index contributed by atoms with van der Waals surface area (Å²) in [6.45, 7) is 3.21. The number of aromatic nitrogens is 1. The first-order valence-electron chi connectivity index (χ1n) is 4.35. The van der Waals surface area contributed by atoms with E-state index in [0.717, 1.165) is 4.47 Å². The molecule has 0 saturated heterocycles. The topological polar surface area (TPSA) is 59.4 Å². The number of nitrogens with zero attached hydrogens (tertiary/aromatic N) is 2. The molecule has 0 aliphatic carbocycles. The van der Waals surface area contributed by atoms with Crippen LogP contribution in [-0.4, -0.2) is 24.9 Å². The zero-order valence-corrected chi connectivity index (χ0v) is 10.8. The van der Waals surface area contributed by atoms with E-state index in [0.29, 0.717) is 11.3 Å². The summed E-state index contributed by atoms with van der Waals surface area (Å²) < 4.78 is 27.0. The molecule has 0 atom stereocenters. The van der Waals surface area contributed by atoms with E-state index in [9.17, 15) is 8.42 Å². The number of sulfonamides is 1. The average Bonchev–Trinajstić information content (AvgIpc) is 2.17. The molecule has 0 N–H and O–H groups in total. The molecule has 0 amide bonds. The Kier molecular flexibility index (Phi) is 3.98. The van der Waals surface area contributed by atoms with E-state index in [-0.39, 0.29) is 5.75 Å². The molecule has 0 fully saturated rings. The highest BCUT2D eigenvalue weighted by Crippen LogP contribution is 2.11. The van der Waals surface area contributed by atoms with Gasteiger partial charge in [0.2, 0.25) is 0 Å². The molecule has 1 aromatic rings. The summed E-state index contributed by atoms with van der Waals surface area (Å²) >= 11 is 3.26. The summed E-state index contributed by atoms with van der Waals surface area (Å²) in [7, 11) is -3.33. The second kappa shape index (κ2) is 4.85. The maximum Gasteiger partial charge on any atom is 0.253 e. The second-order valence-corrected chi connectivity index (χ2v) is 5.78. The summed E-state index contributed by atoms with van der Waals surface area (Å²) in [6, 6.07) is 1.77. The van der Waals surface area contributed by atoms with Crippen LogP contribution < -0.4 is 0 Å². The smallest absolute Gasteiger partial charge is 0.253 e. The van der Waals surface area contributed by atoms with E-state index in [4.69, 9.17) is 0 Å². The molecule has 4 nitrogen and oxygen atoms in total. The van der Waals surface area contributed by atoms with Crippen molar-refractivity contribution in [3.63, 3.8) is 0 Å². The second-order valence-electron chi connectivity index (χ2n) is 2.94. The predicted molar refractivity (Wildman–Crippen MR) is 63.6 cm³/mol. The molecule has 0 aliphatic heterocycles. The number of hydrogen-bond acceptors (Lipinski definition) is 3. The molecule has 15 heavy (non-hydrogen) atoms. The highest BCUT2D eigenvalue weighted by atomic mass is 79.9. The monoisotopic (exact) mass is 290 g/mol. The lowest BCUT2D eigenvalue weighted by atomic mass is 10.2. The first-order valence-corrected chi connectivity index (χ1v) is 6.75. The lowest BCUT2D eigenvalue weighted by Crippen LogP contribution is -2.04. The molecule has 0 aromatic carbocycles.